The summed E-state index contributed by atoms with van der Waals surface area (Å²) >= 11 is 0. The monoisotopic (exact) mass is 262 g/mol. The fourth-order valence-corrected chi connectivity index (χ4v) is 0. The molecule has 0 unspecified atom stereocenters. The minimum absolute atomic E-state index is 0. The maximum atomic E-state index is 8.88. The average molecular weight is 262 g/mol. The molecule has 0 bridgehead atoms. The summed E-state index contributed by atoms with van der Waals surface area (Å²) in [5, 5.41) is 0. The van der Waals surface area contributed by atoms with E-state index in [9.17, 15) is 0 Å². The zero-order valence-electron chi connectivity index (χ0n) is 6.19. The van der Waals surface area contributed by atoms with Gasteiger partial charge < -0.3 is 25.4 Å². The maximum Gasteiger partial charge on any atom is 1.00 e. The second-order valence-electron chi connectivity index (χ2n) is 0.714. The molecular weight excluding hydrogens is 257 g/mol. The van der Waals surface area contributed by atoms with Crippen molar-refractivity contribution in [3.05, 3.63) is 0 Å². The summed E-state index contributed by atoms with van der Waals surface area (Å²) in [6.45, 7) is 0. The molecule has 0 radical (unpaired) electrons. The molecule has 0 heterocycles. The molecule has 7 nitrogen and oxygen atoms in total. The van der Waals surface area contributed by atoms with Crippen LogP contribution in [0.25, 0.3) is 0 Å². The summed E-state index contributed by atoms with van der Waals surface area (Å²) in [5.41, 5.74) is 0. The number of hydrogen-bond donors (Lipinski definition) is 4. The van der Waals surface area contributed by atoms with E-state index in [4.69, 9.17) is 33.2 Å². The van der Waals surface area contributed by atoms with Crippen LogP contribution in [-0.2, 0) is 21.6 Å². The van der Waals surface area contributed by atoms with Crippen molar-refractivity contribution in [3.8, 4) is 0 Å². The van der Waals surface area contributed by atoms with Crippen LogP contribution in [0.2, 0.25) is 0 Å². The van der Waals surface area contributed by atoms with E-state index in [1.54, 1.807) is 0 Å². The van der Waals surface area contributed by atoms with Crippen molar-refractivity contribution in [3.63, 3.8) is 0 Å². The third kappa shape index (κ3) is 350. The summed E-state index contributed by atoms with van der Waals surface area (Å²) in [6, 6.07) is 0. The Balaban J connectivity index is -0.0000000221. The molecule has 0 aliphatic carbocycles. The quantitative estimate of drug-likeness (QED) is 0.251. The third-order valence-electron chi connectivity index (χ3n) is 0. The van der Waals surface area contributed by atoms with Crippen LogP contribution in [0.1, 0.15) is 1.43 Å². The Bertz CT molecular complexity index is 94.6. The Labute approximate surface area is 99.3 Å². The van der Waals surface area contributed by atoms with Gasteiger partial charge in [-0.1, -0.05) is 0 Å². The molecule has 0 rings (SSSR count). The topological polar surface area (TPSA) is 144 Å². The van der Waals surface area contributed by atoms with Crippen molar-refractivity contribution >= 4 is 7.82 Å². The molecule has 0 aromatic rings. The fourth-order valence-electron chi connectivity index (χ4n) is 0. The molecule has 0 saturated carbocycles. The molecule has 0 aliphatic rings. The summed E-state index contributed by atoms with van der Waals surface area (Å²) in [6.07, 6.45) is 0. The summed E-state index contributed by atoms with van der Waals surface area (Å²) < 4.78 is 32.9. The van der Waals surface area contributed by atoms with Gasteiger partial charge in [-0.25, -0.2) is 4.57 Å². The second kappa shape index (κ2) is 11.8. The molecular formula is H5ClFeNaO7P. The van der Waals surface area contributed by atoms with Gasteiger partial charge >= 0.3 is 37.4 Å². The average Bonchev–Trinajstić information content (AvgIpc) is 1.19. The standard InChI is InChI=1S/ClHO3.Fe.Na.H3O4P.H/c2-1(3)4;;;1-5(2,3)4;/h2H;;;(H3,1,2,3,4);/q;;+1;;-1. The molecule has 0 aromatic carbocycles. The molecule has 11 heavy (non-hydrogen) atoms. The Morgan fingerprint density at radius 2 is 1.27 bits per heavy atom. The van der Waals surface area contributed by atoms with Crippen molar-refractivity contribution in [1.82, 2.24) is 0 Å². The largest absolute Gasteiger partial charge is 1.00 e. The van der Waals surface area contributed by atoms with Gasteiger partial charge in [0.05, 0.1) is 0 Å². The van der Waals surface area contributed by atoms with Gasteiger partial charge in [-0.15, -0.1) is 0 Å². The van der Waals surface area contributed by atoms with Crippen LogP contribution in [0.4, 0.5) is 0 Å². The smallest absolute Gasteiger partial charge is 1.00 e. The molecule has 0 aliphatic heterocycles. The van der Waals surface area contributed by atoms with Gasteiger partial charge in [0.1, 0.15) is 0 Å². The molecule has 0 aromatic heterocycles. The van der Waals surface area contributed by atoms with Crippen molar-refractivity contribution in [2.45, 2.75) is 0 Å². The van der Waals surface area contributed by atoms with E-state index in [-0.39, 0.29) is 48.1 Å². The molecule has 11 heteroatoms. The first kappa shape index (κ1) is 23.0. The fraction of sp³-hybridized carbons (Fsp3) is 0. The molecule has 0 fully saturated rings. The van der Waals surface area contributed by atoms with Crippen LogP contribution in [0.15, 0.2) is 0 Å². The second-order valence-corrected chi connectivity index (χ2v) is 2.14. The first-order chi connectivity index (χ1) is 3.73. The normalized spacial score (nSPS) is 8.64. The SMILES string of the molecule is O=P(O)(O)O.[Fe].[H-].[Na+].[O-][Cl+2]([O-])O. The van der Waals surface area contributed by atoms with Crippen LogP contribution in [0.5, 0.6) is 0 Å². The first-order valence-corrected chi connectivity index (χ1v) is 3.78. The number of hydrogen-bond acceptors (Lipinski definition) is 4. The van der Waals surface area contributed by atoms with E-state index >= 15 is 0 Å². The van der Waals surface area contributed by atoms with Gasteiger partial charge in [0.25, 0.3) is 10.8 Å². The molecule has 68 valence electrons. The van der Waals surface area contributed by atoms with Gasteiger partial charge in [-0.2, -0.15) is 0 Å². The summed E-state index contributed by atoms with van der Waals surface area (Å²) in [5.74, 6) is 0. The van der Waals surface area contributed by atoms with E-state index in [2.05, 4.69) is 0 Å². The van der Waals surface area contributed by atoms with Crippen molar-refractivity contribution in [2.75, 3.05) is 0 Å². The van der Waals surface area contributed by atoms with Gasteiger partial charge in [-0.05, 0) is 0 Å². The van der Waals surface area contributed by atoms with Gasteiger partial charge in [-0.3, -0.25) is 0 Å². The van der Waals surface area contributed by atoms with E-state index in [0.29, 0.717) is 0 Å². The van der Waals surface area contributed by atoms with Gasteiger partial charge in [0, 0.05) is 21.7 Å². The summed E-state index contributed by atoms with van der Waals surface area (Å²) in [4.78, 5) is 21.6. The van der Waals surface area contributed by atoms with E-state index in [1.165, 1.54) is 0 Å². The van der Waals surface area contributed by atoms with E-state index in [0.717, 1.165) is 0 Å². The molecule has 4 N–H and O–H groups in total. The number of halogens is 1. The van der Waals surface area contributed by atoms with Gasteiger partial charge in [0.2, 0.25) is 0 Å². The maximum absolute atomic E-state index is 8.88. The van der Waals surface area contributed by atoms with E-state index < -0.39 is 18.6 Å². The predicted octanol–water partition coefficient (Wildman–Crippen LogP) is -6.75. The van der Waals surface area contributed by atoms with Crippen LogP contribution < -0.4 is 38.9 Å². The summed E-state index contributed by atoms with van der Waals surface area (Å²) in [7, 11) is -7.24. The van der Waals surface area contributed by atoms with Crippen LogP contribution in [-0.4, -0.2) is 19.3 Å². The molecule has 0 atom stereocenters. The Morgan fingerprint density at radius 1 is 1.27 bits per heavy atom. The van der Waals surface area contributed by atoms with Crippen LogP contribution in [0.3, 0.4) is 0 Å². The zero-order valence-corrected chi connectivity index (χ0v) is 9.95. The molecule has 0 spiro atoms. The first-order valence-electron chi connectivity index (χ1n) is 1.26. The Hall–Kier alpha value is 1.80. The van der Waals surface area contributed by atoms with Crippen LogP contribution in [0, 0.1) is 10.8 Å². The van der Waals surface area contributed by atoms with Crippen molar-refractivity contribution in [2.24, 2.45) is 0 Å². The third-order valence-corrected chi connectivity index (χ3v) is 0. The number of phosphoric acid groups is 1. The van der Waals surface area contributed by atoms with E-state index in [1.807, 2.05) is 0 Å². The minimum atomic E-state index is -4.64. The number of rotatable bonds is 0. The molecule has 0 amide bonds. The Morgan fingerprint density at radius 3 is 1.27 bits per heavy atom. The zero-order chi connectivity index (χ0) is 8.08. The van der Waals surface area contributed by atoms with Crippen LogP contribution >= 0.6 is 7.82 Å². The van der Waals surface area contributed by atoms with Crippen molar-refractivity contribution in [1.29, 1.82) is 0 Å². The van der Waals surface area contributed by atoms with Gasteiger partial charge in [0.15, 0.2) is 0 Å². The van der Waals surface area contributed by atoms with Crippen molar-refractivity contribution < 1.29 is 92.1 Å². The molecule has 0 saturated heterocycles. The predicted molar refractivity (Wildman–Crippen MR) is 17.6 cm³/mol. The Kier molecular flexibility index (Phi) is 24.7. The minimum Gasteiger partial charge on any atom is -1.00 e.